The molecule has 1 atom stereocenters. The standard InChI is InChI=1S/C30H40OSi2/c1-9-28(24-20-22-25(23-21-24)30(2,3)4)29(32(5,6)26-16-12-10-13-17-26)31-33(7,8)27-18-14-11-15-19-27/h9-23,29H,1-8H3/b28-9-. The van der Waals surface area contributed by atoms with Crippen LogP contribution in [0.4, 0.5) is 0 Å². The smallest absolute Gasteiger partial charge is 0.218 e. The van der Waals surface area contributed by atoms with Crippen LogP contribution in [0.15, 0.2) is 91.0 Å². The van der Waals surface area contributed by atoms with E-state index in [1.54, 1.807) is 0 Å². The van der Waals surface area contributed by atoms with E-state index in [1.165, 1.54) is 27.1 Å². The summed E-state index contributed by atoms with van der Waals surface area (Å²) in [5.41, 5.74) is 4.15. The van der Waals surface area contributed by atoms with Crippen molar-refractivity contribution in [3.8, 4) is 0 Å². The van der Waals surface area contributed by atoms with Gasteiger partial charge in [-0.25, -0.2) is 0 Å². The number of hydrogen-bond acceptors (Lipinski definition) is 1. The summed E-state index contributed by atoms with van der Waals surface area (Å²) in [5, 5.41) is 2.77. The van der Waals surface area contributed by atoms with Gasteiger partial charge in [-0.3, -0.25) is 0 Å². The summed E-state index contributed by atoms with van der Waals surface area (Å²) in [6.45, 7) is 18.5. The summed E-state index contributed by atoms with van der Waals surface area (Å²) in [5.74, 6) is 0. The van der Waals surface area contributed by atoms with Crippen LogP contribution in [0.1, 0.15) is 38.8 Å². The minimum absolute atomic E-state index is 0.0623. The number of allylic oxidation sites excluding steroid dienone is 1. The third-order valence-electron chi connectivity index (χ3n) is 6.73. The van der Waals surface area contributed by atoms with Crippen molar-refractivity contribution < 1.29 is 4.43 Å². The lowest BCUT2D eigenvalue weighted by molar-refractivity contribution is 0.322. The van der Waals surface area contributed by atoms with Gasteiger partial charge in [-0.05, 0) is 47.3 Å². The minimum atomic E-state index is -2.14. The molecular formula is C30H40OSi2. The molecule has 0 amide bonds. The Bertz CT molecular complexity index is 1060. The molecule has 0 heterocycles. The van der Waals surface area contributed by atoms with E-state index in [0.717, 1.165) is 0 Å². The molecule has 0 spiro atoms. The number of rotatable bonds is 7. The van der Waals surface area contributed by atoms with Gasteiger partial charge in [0.2, 0.25) is 8.32 Å². The van der Waals surface area contributed by atoms with Crippen LogP contribution in [0.2, 0.25) is 26.2 Å². The fraction of sp³-hybridized carbons (Fsp3) is 0.333. The quantitative estimate of drug-likeness (QED) is 0.335. The first-order valence-electron chi connectivity index (χ1n) is 12.0. The third-order valence-corrected chi connectivity index (χ3v) is 13.1. The Morgan fingerprint density at radius 2 is 1.21 bits per heavy atom. The van der Waals surface area contributed by atoms with Crippen LogP contribution in [-0.4, -0.2) is 22.1 Å². The molecule has 1 unspecified atom stereocenters. The Labute approximate surface area is 203 Å². The summed E-state index contributed by atoms with van der Waals surface area (Å²) in [4.78, 5) is 0. The van der Waals surface area contributed by atoms with Gasteiger partial charge < -0.3 is 4.43 Å². The molecule has 1 nitrogen and oxygen atoms in total. The Morgan fingerprint density at radius 3 is 1.67 bits per heavy atom. The van der Waals surface area contributed by atoms with E-state index < -0.39 is 16.4 Å². The maximum absolute atomic E-state index is 7.28. The van der Waals surface area contributed by atoms with Crippen LogP contribution in [0.5, 0.6) is 0 Å². The summed E-state index contributed by atoms with van der Waals surface area (Å²) < 4.78 is 7.28. The average Bonchev–Trinajstić information content (AvgIpc) is 2.80. The molecule has 3 heteroatoms. The van der Waals surface area contributed by atoms with Crippen molar-refractivity contribution in [1.29, 1.82) is 0 Å². The molecule has 3 aromatic carbocycles. The monoisotopic (exact) mass is 472 g/mol. The first-order valence-corrected chi connectivity index (χ1v) is 18.0. The maximum Gasteiger partial charge on any atom is 0.218 e. The molecular weight excluding hydrogens is 433 g/mol. The summed E-state index contributed by atoms with van der Waals surface area (Å²) >= 11 is 0. The molecule has 0 aliphatic heterocycles. The number of benzene rings is 3. The van der Waals surface area contributed by atoms with E-state index >= 15 is 0 Å². The Morgan fingerprint density at radius 1 is 0.727 bits per heavy atom. The lowest BCUT2D eigenvalue weighted by Gasteiger charge is -2.40. The molecule has 0 aliphatic rings. The SMILES string of the molecule is C/C=C(/c1ccc(C(C)(C)C)cc1)C(O[Si](C)(C)c1ccccc1)[Si](C)(C)c1ccccc1. The predicted octanol–water partition coefficient (Wildman–Crippen LogP) is 7.04. The van der Waals surface area contributed by atoms with Gasteiger partial charge in [0.25, 0.3) is 0 Å². The normalized spacial score (nSPS) is 14.2. The molecule has 0 aromatic heterocycles. The first kappa shape index (κ1) is 25.4. The number of hydrogen-bond donors (Lipinski definition) is 0. The first-order chi connectivity index (χ1) is 15.5. The third kappa shape index (κ3) is 5.84. The Hall–Kier alpha value is -2.21. The van der Waals surface area contributed by atoms with E-state index in [4.69, 9.17) is 4.43 Å². The molecule has 0 saturated heterocycles. The van der Waals surface area contributed by atoms with E-state index in [0.29, 0.717) is 0 Å². The van der Waals surface area contributed by atoms with Crippen molar-refractivity contribution in [2.45, 2.75) is 65.0 Å². The van der Waals surface area contributed by atoms with E-state index in [1.807, 2.05) is 0 Å². The molecule has 0 radical (unpaired) electrons. The zero-order valence-corrected chi connectivity index (χ0v) is 23.6. The van der Waals surface area contributed by atoms with Crippen LogP contribution in [0.25, 0.3) is 5.57 Å². The van der Waals surface area contributed by atoms with Gasteiger partial charge in [-0.15, -0.1) is 0 Å². The van der Waals surface area contributed by atoms with Gasteiger partial charge in [0.05, 0.1) is 5.73 Å². The van der Waals surface area contributed by atoms with E-state index in [9.17, 15) is 0 Å². The summed E-state index contributed by atoms with van der Waals surface area (Å²) in [6.07, 6.45) is 2.28. The second-order valence-electron chi connectivity index (χ2n) is 11.0. The predicted molar refractivity (Wildman–Crippen MR) is 151 cm³/mol. The second kappa shape index (κ2) is 9.96. The van der Waals surface area contributed by atoms with Gasteiger partial charge in [-0.2, -0.15) is 0 Å². The van der Waals surface area contributed by atoms with Crippen LogP contribution >= 0.6 is 0 Å². The highest BCUT2D eigenvalue weighted by atomic mass is 28.4. The lowest BCUT2D eigenvalue weighted by Crippen LogP contribution is -2.59. The topological polar surface area (TPSA) is 9.23 Å². The highest BCUT2D eigenvalue weighted by Crippen LogP contribution is 2.32. The van der Waals surface area contributed by atoms with Crippen molar-refractivity contribution in [1.82, 2.24) is 0 Å². The minimum Gasteiger partial charge on any atom is -0.408 e. The molecule has 3 aromatic rings. The highest BCUT2D eigenvalue weighted by Gasteiger charge is 2.41. The van der Waals surface area contributed by atoms with Crippen molar-refractivity contribution in [2.24, 2.45) is 0 Å². The largest absolute Gasteiger partial charge is 0.408 e. The maximum atomic E-state index is 7.28. The second-order valence-corrected chi connectivity index (χ2v) is 19.4. The van der Waals surface area contributed by atoms with Crippen molar-refractivity contribution in [2.75, 3.05) is 0 Å². The van der Waals surface area contributed by atoms with Crippen molar-refractivity contribution in [3.63, 3.8) is 0 Å². The summed E-state index contributed by atoms with van der Waals surface area (Å²) in [7, 11) is -4.17. The van der Waals surface area contributed by atoms with Gasteiger partial charge in [0.15, 0.2) is 0 Å². The zero-order chi connectivity index (χ0) is 24.3. The van der Waals surface area contributed by atoms with E-state index in [2.05, 4.69) is 145 Å². The fourth-order valence-electron chi connectivity index (χ4n) is 4.45. The van der Waals surface area contributed by atoms with Gasteiger partial charge in [0, 0.05) is 0 Å². The highest BCUT2D eigenvalue weighted by molar-refractivity contribution is 6.93. The van der Waals surface area contributed by atoms with Crippen LogP contribution in [0.3, 0.4) is 0 Å². The molecule has 3 rings (SSSR count). The van der Waals surface area contributed by atoms with Crippen molar-refractivity contribution >= 4 is 32.3 Å². The molecule has 0 saturated carbocycles. The Balaban J connectivity index is 2.09. The van der Waals surface area contributed by atoms with Gasteiger partial charge in [0.1, 0.15) is 8.07 Å². The average molecular weight is 473 g/mol. The molecule has 0 bridgehead atoms. The Kier molecular flexibility index (Phi) is 7.67. The van der Waals surface area contributed by atoms with Crippen LogP contribution in [-0.2, 0) is 9.84 Å². The van der Waals surface area contributed by atoms with Gasteiger partial charge >= 0.3 is 0 Å². The summed E-state index contributed by atoms with van der Waals surface area (Å²) in [6, 6.07) is 31.0. The molecule has 0 N–H and O–H groups in total. The zero-order valence-electron chi connectivity index (χ0n) is 21.6. The lowest BCUT2D eigenvalue weighted by atomic mass is 9.86. The van der Waals surface area contributed by atoms with Crippen LogP contribution < -0.4 is 10.4 Å². The molecule has 0 aliphatic carbocycles. The van der Waals surface area contributed by atoms with Gasteiger partial charge in [-0.1, -0.05) is 130 Å². The van der Waals surface area contributed by atoms with Crippen molar-refractivity contribution in [3.05, 3.63) is 102 Å². The molecule has 0 fully saturated rings. The van der Waals surface area contributed by atoms with Crippen LogP contribution in [0, 0.1) is 0 Å². The fourth-order valence-corrected chi connectivity index (χ4v) is 10.8. The molecule has 174 valence electrons. The molecule has 33 heavy (non-hydrogen) atoms. The van der Waals surface area contributed by atoms with E-state index in [-0.39, 0.29) is 11.1 Å².